The number of ether oxygens (including phenoxy) is 1. The van der Waals surface area contributed by atoms with Gasteiger partial charge in [0, 0.05) is 24.8 Å². The van der Waals surface area contributed by atoms with Gasteiger partial charge in [0.25, 0.3) is 10.0 Å². The SMILES string of the molecule is O=C(Cc1ccc(NS(=O)(=O)c2cccs2)cc1)NC[C@@H]1CCOC1. The molecule has 0 saturated carbocycles. The fraction of sp³-hybridized carbons (Fsp3) is 0.353. The number of amides is 1. The third kappa shape index (κ3) is 5.04. The molecule has 1 aromatic heterocycles. The molecular weight excluding hydrogens is 360 g/mol. The number of nitrogens with one attached hydrogen (secondary N) is 2. The molecule has 0 bridgehead atoms. The number of carbonyl (C=O) groups excluding carboxylic acids is 1. The summed E-state index contributed by atoms with van der Waals surface area (Å²) in [5.41, 5.74) is 1.31. The molecule has 1 saturated heterocycles. The van der Waals surface area contributed by atoms with E-state index in [1.807, 2.05) is 0 Å². The molecular formula is C17H20N2O4S2. The first kappa shape index (κ1) is 17.9. The lowest BCUT2D eigenvalue weighted by atomic mass is 10.1. The molecule has 0 spiro atoms. The lowest BCUT2D eigenvalue weighted by Crippen LogP contribution is -2.30. The lowest BCUT2D eigenvalue weighted by Gasteiger charge is -2.10. The standard InChI is InChI=1S/C17H20N2O4S2/c20-16(18-11-14-7-8-23-12-14)10-13-3-5-15(6-4-13)19-25(21,22)17-2-1-9-24-17/h1-6,9,14,19H,7-8,10-12H2,(H,18,20)/t14-/m0/s1. The smallest absolute Gasteiger partial charge is 0.271 e. The van der Waals surface area contributed by atoms with Crippen molar-refractivity contribution in [3.63, 3.8) is 0 Å². The zero-order valence-electron chi connectivity index (χ0n) is 13.6. The molecule has 8 heteroatoms. The van der Waals surface area contributed by atoms with Crippen molar-refractivity contribution < 1.29 is 17.9 Å². The molecule has 1 aliphatic heterocycles. The van der Waals surface area contributed by atoms with Crippen LogP contribution in [0.3, 0.4) is 0 Å². The minimum absolute atomic E-state index is 0.0428. The number of hydrogen-bond acceptors (Lipinski definition) is 5. The van der Waals surface area contributed by atoms with Gasteiger partial charge in [-0.05, 0) is 35.6 Å². The Bertz CT molecular complexity index is 796. The summed E-state index contributed by atoms with van der Waals surface area (Å²) in [5, 5.41) is 4.63. The maximum Gasteiger partial charge on any atom is 0.271 e. The average Bonchev–Trinajstić information content (AvgIpc) is 3.28. The van der Waals surface area contributed by atoms with Crippen LogP contribution in [0, 0.1) is 5.92 Å². The maximum atomic E-state index is 12.2. The van der Waals surface area contributed by atoms with Crippen LogP contribution in [0.5, 0.6) is 0 Å². The minimum Gasteiger partial charge on any atom is -0.381 e. The number of rotatable bonds is 7. The van der Waals surface area contributed by atoms with Crippen molar-refractivity contribution in [2.24, 2.45) is 5.92 Å². The fourth-order valence-electron chi connectivity index (χ4n) is 2.56. The van der Waals surface area contributed by atoms with Gasteiger partial charge in [0.1, 0.15) is 4.21 Å². The van der Waals surface area contributed by atoms with Gasteiger partial charge in [-0.2, -0.15) is 0 Å². The fourth-order valence-corrected chi connectivity index (χ4v) is 4.61. The summed E-state index contributed by atoms with van der Waals surface area (Å²) < 4.78 is 32.4. The van der Waals surface area contributed by atoms with Gasteiger partial charge in [0.2, 0.25) is 5.91 Å². The molecule has 1 aromatic carbocycles. The zero-order chi connectivity index (χ0) is 17.7. The van der Waals surface area contributed by atoms with Crippen LogP contribution in [0.15, 0.2) is 46.0 Å². The summed E-state index contributed by atoms with van der Waals surface area (Å²) in [6.07, 6.45) is 1.25. The van der Waals surface area contributed by atoms with Gasteiger partial charge >= 0.3 is 0 Å². The Balaban J connectivity index is 1.52. The molecule has 1 fully saturated rings. The van der Waals surface area contributed by atoms with Crippen LogP contribution in [-0.4, -0.2) is 34.1 Å². The van der Waals surface area contributed by atoms with Crippen LogP contribution in [-0.2, 0) is 26.0 Å². The van der Waals surface area contributed by atoms with E-state index in [1.165, 1.54) is 0 Å². The summed E-state index contributed by atoms with van der Waals surface area (Å²) >= 11 is 1.16. The summed E-state index contributed by atoms with van der Waals surface area (Å²) in [6.45, 7) is 2.11. The predicted molar refractivity (Wildman–Crippen MR) is 97.2 cm³/mol. The molecule has 25 heavy (non-hydrogen) atoms. The first-order valence-electron chi connectivity index (χ1n) is 8.02. The Morgan fingerprint density at radius 2 is 2.04 bits per heavy atom. The molecule has 0 unspecified atom stereocenters. The summed E-state index contributed by atoms with van der Waals surface area (Å²) in [6, 6.07) is 10.1. The number of anilines is 1. The predicted octanol–water partition coefficient (Wildman–Crippen LogP) is 2.24. The van der Waals surface area contributed by atoms with E-state index in [-0.39, 0.29) is 16.5 Å². The molecule has 1 aliphatic rings. The Labute approximate surface area is 151 Å². The van der Waals surface area contributed by atoms with Gasteiger partial charge in [-0.15, -0.1) is 11.3 Å². The van der Waals surface area contributed by atoms with Crippen molar-refractivity contribution in [2.75, 3.05) is 24.5 Å². The molecule has 0 aliphatic carbocycles. The Kier molecular flexibility index (Phi) is 5.72. The number of carbonyl (C=O) groups is 1. The van der Waals surface area contributed by atoms with Crippen LogP contribution in [0.4, 0.5) is 5.69 Å². The molecule has 1 amide bonds. The highest BCUT2D eigenvalue weighted by Crippen LogP contribution is 2.20. The van der Waals surface area contributed by atoms with Gasteiger partial charge in [-0.25, -0.2) is 8.42 Å². The van der Waals surface area contributed by atoms with Crippen LogP contribution in [0.2, 0.25) is 0 Å². The number of hydrogen-bond donors (Lipinski definition) is 2. The second-order valence-corrected chi connectivity index (χ2v) is 8.80. The van der Waals surface area contributed by atoms with E-state index >= 15 is 0 Å². The highest BCUT2D eigenvalue weighted by molar-refractivity contribution is 7.94. The van der Waals surface area contributed by atoms with Gasteiger partial charge < -0.3 is 10.1 Å². The number of sulfonamides is 1. The van der Waals surface area contributed by atoms with E-state index in [0.29, 0.717) is 24.8 Å². The van der Waals surface area contributed by atoms with Crippen molar-refractivity contribution in [1.29, 1.82) is 0 Å². The summed E-state index contributed by atoms with van der Waals surface area (Å²) in [7, 11) is -3.55. The van der Waals surface area contributed by atoms with E-state index in [1.54, 1.807) is 41.8 Å². The third-order valence-corrected chi connectivity index (χ3v) is 6.72. The van der Waals surface area contributed by atoms with Gasteiger partial charge in [-0.3, -0.25) is 9.52 Å². The van der Waals surface area contributed by atoms with Crippen molar-refractivity contribution in [3.8, 4) is 0 Å². The first-order valence-corrected chi connectivity index (χ1v) is 10.4. The molecule has 0 radical (unpaired) electrons. The maximum absolute atomic E-state index is 12.2. The summed E-state index contributed by atoms with van der Waals surface area (Å²) in [4.78, 5) is 12.0. The van der Waals surface area contributed by atoms with Crippen LogP contribution in [0.1, 0.15) is 12.0 Å². The molecule has 6 nitrogen and oxygen atoms in total. The highest BCUT2D eigenvalue weighted by atomic mass is 32.2. The Hall–Kier alpha value is -1.90. The molecule has 2 heterocycles. The molecule has 3 rings (SSSR count). The lowest BCUT2D eigenvalue weighted by molar-refractivity contribution is -0.120. The van der Waals surface area contributed by atoms with Crippen molar-refractivity contribution in [3.05, 3.63) is 47.3 Å². The normalized spacial score (nSPS) is 17.4. The molecule has 134 valence electrons. The average molecular weight is 380 g/mol. The molecule has 1 atom stereocenters. The highest BCUT2D eigenvalue weighted by Gasteiger charge is 2.17. The van der Waals surface area contributed by atoms with Crippen molar-refractivity contribution in [1.82, 2.24) is 5.32 Å². The number of thiophene rings is 1. The Morgan fingerprint density at radius 1 is 1.24 bits per heavy atom. The summed E-state index contributed by atoms with van der Waals surface area (Å²) in [5.74, 6) is 0.358. The van der Waals surface area contributed by atoms with E-state index < -0.39 is 10.0 Å². The monoisotopic (exact) mass is 380 g/mol. The van der Waals surface area contributed by atoms with Crippen LogP contribution < -0.4 is 10.0 Å². The van der Waals surface area contributed by atoms with Gasteiger partial charge in [0.15, 0.2) is 0 Å². The third-order valence-electron chi connectivity index (χ3n) is 3.94. The van der Waals surface area contributed by atoms with E-state index in [2.05, 4.69) is 10.0 Å². The van der Waals surface area contributed by atoms with Gasteiger partial charge in [0.05, 0.1) is 13.0 Å². The van der Waals surface area contributed by atoms with Gasteiger partial charge in [-0.1, -0.05) is 18.2 Å². The number of benzene rings is 1. The van der Waals surface area contributed by atoms with E-state index in [9.17, 15) is 13.2 Å². The largest absolute Gasteiger partial charge is 0.381 e. The Morgan fingerprint density at radius 3 is 2.68 bits per heavy atom. The van der Waals surface area contributed by atoms with Crippen molar-refractivity contribution >= 4 is 33.0 Å². The van der Waals surface area contributed by atoms with Crippen molar-refractivity contribution in [2.45, 2.75) is 17.1 Å². The molecule has 2 N–H and O–H groups in total. The van der Waals surface area contributed by atoms with E-state index in [4.69, 9.17) is 4.74 Å². The minimum atomic E-state index is -3.55. The second kappa shape index (κ2) is 7.99. The topological polar surface area (TPSA) is 84.5 Å². The second-order valence-electron chi connectivity index (χ2n) is 5.94. The van der Waals surface area contributed by atoms with Crippen LogP contribution >= 0.6 is 11.3 Å². The first-order chi connectivity index (χ1) is 12.0. The van der Waals surface area contributed by atoms with E-state index in [0.717, 1.165) is 29.9 Å². The van der Waals surface area contributed by atoms with Crippen LogP contribution in [0.25, 0.3) is 0 Å². The zero-order valence-corrected chi connectivity index (χ0v) is 15.2. The quantitative estimate of drug-likeness (QED) is 0.772. The molecule has 2 aromatic rings.